The first-order valence-electron chi connectivity index (χ1n) is 8.68. The van der Waals surface area contributed by atoms with E-state index in [2.05, 4.69) is 23.3 Å². The van der Waals surface area contributed by atoms with Crippen LogP contribution in [0.2, 0.25) is 0 Å². The molecule has 1 aromatic rings. The predicted molar refractivity (Wildman–Crippen MR) is 96.0 cm³/mol. The summed E-state index contributed by atoms with van der Waals surface area (Å²) in [5.74, 6) is 0.855. The van der Waals surface area contributed by atoms with Crippen LogP contribution in [-0.4, -0.2) is 36.5 Å². The lowest BCUT2D eigenvalue weighted by Crippen LogP contribution is -2.51. The first kappa shape index (κ1) is 16.8. The minimum atomic E-state index is -0.161. The maximum atomic E-state index is 12.2. The monoisotopic (exact) mass is 326 g/mol. The summed E-state index contributed by atoms with van der Waals surface area (Å²) in [4.78, 5) is 14.6. The number of carbonyl (C=O) groups excluding carboxylic acids is 1. The van der Waals surface area contributed by atoms with Crippen LogP contribution in [0.25, 0.3) is 0 Å². The van der Waals surface area contributed by atoms with Crippen LogP contribution in [-0.2, 0) is 4.79 Å². The van der Waals surface area contributed by atoms with Gasteiger partial charge in [0.2, 0.25) is 5.91 Å². The molecule has 24 heavy (non-hydrogen) atoms. The van der Waals surface area contributed by atoms with E-state index < -0.39 is 0 Å². The number of hydrogen-bond acceptors (Lipinski definition) is 3. The fourth-order valence-electron chi connectivity index (χ4n) is 3.55. The van der Waals surface area contributed by atoms with E-state index in [-0.39, 0.29) is 17.6 Å². The molecule has 1 spiro atoms. The number of carbonyl (C=O) groups is 1. The summed E-state index contributed by atoms with van der Waals surface area (Å²) in [6.07, 6.45) is 9.95. The molecule has 0 saturated carbocycles. The molecule has 2 aliphatic rings. The summed E-state index contributed by atoms with van der Waals surface area (Å²) >= 11 is 0. The predicted octanol–water partition coefficient (Wildman–Crippen LogP) is 3.22. The normalized spacial score (nSPS) is 23.3. The summed E-state index contributed by atoms with van der Waals surface area (Å²) in [6, 6.07) is 8.07. The first-order chi connectivity index (χ1) is 11.6. The van der Waals surface area contributed by atoms with Crippen molar-refractivity contribution < 1.29 is 9.53 Å². The minimum Gasteiger partial charge on any atom is -0.487 e. The summed E-state index contributed by atoms with van der Waals surface area (Å²) < 4.78 is 6.41. The first-order valence-corrected chi connectivity index (χ1v) is 8.68. The number of ether oxygens (including phenoxy) is 1. The lowest BCUT2D eigenvalue weighted by atomic mass is 9.80. The Bertz CT molecular complexity index is 643. The molecular weight excluding hydrogens is 300 g/mol. The van der Waals surface area contributed by atoms with Gasteiger partial charge in [-0.3, -0.25) is 4.79 Å². The number of para-hydroxylation sites is 1. The maximum Gasteiger partial charge on any atom is 0.244 e. The van der Waals surface area contributed by atoms with Crippen LogP contribution >= 0.6 is 0 Å². The molecule has 0 aromatic heterocycles. The number of fused-ring (bicyclic) bond motifs is 1. The van der Waals surface area contributed by atoms with Gasteiger partial charge in [0.1, 0.15) is 11.4 Å². The molecule has 1 unspecified atom stereocenters. The maximum absolute atomic E-state index is 12.2. The van der Waals surface area contributed by atoms with Crippen LogP contribution in [0.15, 0.2) is 48.6 Å². The Kier molecular flexibility index (Phi) is 5.05. The number of benzene rings is 1. The molecule has 3 rings (SSSR count). The molecule has 1 atom stereocenters. The molecule has 1 fully saturated rings. The lowest BCUT2D eigenvalue weighted by Gasteiger charge is -2.46. The quantitative estimate of drug-likeness (QED) is 0.685. The van der Waals surface area contributed by atoms with Crippen molar-refractivity contribution in [2.24, 2.45) is 0 Å². The third-order valence-corrected chi connectivity index (χ3v) is 4.96. The number of rotatable bonds is 3. The van der Waals surface area contributed by atoms with E-state index in [0.717, 1.165) is 43.7 Å². The van der Waals surface area contributed by atoms with Crippen LogP contribution < -0.4 is 10.1 Å². The van der Waals surface area contributed by atoms with Crippen LogP contribution in [0.5, 0.6) is 5.75 Å². The fraction of sp³-hybridized carbons (Fsp3) is 0.450. The SMILES string of the molecule is C/C=C/C=C/C(=O)NC1CC2(CCN(C)CC2)Oc2ccccc21. The molecule has 1 aromatic carbocycles. The van der Waals surface area contributed by atoms with Gasteiger partial charge in [0, 0.05) is 31.1 Å². The van der Waals surface area contributed by atoms with Gasteiger partial charge in [-0.05, 0) is 32.9 Å². The molecule has 0 bridgehead atoms. The molecule has 4 heteroatoms. The molecule has 0 radical (unpaired) electrons. The van der Waals surface area contributed by atoms with E-state index >= 15 is 0 Å². The molecule has 128 valence electrons. The topological polar surface area (TPSA) is 41.6 Å². The Morgan fingerprint density at radius 1 is 1.29 bits per heavy atom. The Labute approximate surface area is 144 Å². The summed E-state index contributed by atoms with van der Waals surface area (Å²) in [5.41, 5.74) is 0.918. The highest BCUT2D eigenvalue weighted by molar-refractivity contribution is 5.88. The second kappa shape index (κ2) is 7.22. The second-order valence-corrected chi connectivity index (χ2v) is 6.78. The Morgan fingerprint density at radius 2 is 2.04 bits per heavy atom. The lowest BCUT2D eigenvalue weighted by molar-refractivity contribution is -0.118. The van der Waals surface area contributed by atoms with Crippen molar-refractivity contribution in [1.82, 2.24) is 10.2 Å². The summed E-state index contributed by atoms with van der Waals surface area (Å²) in [5, 5.41) is 3.16. The van der Waals surface area contributed by atoms with Crippen molar-refractivity contribution in [2.75, 3.05) is 20.1 Å². The Balaban J connectivity index is 1.80. The van der Waals surface area contributed by atoms with Gasteiger partial charge in [-0.1, -0.05) is 36.4 Å². The second-order valence-electron chi connectivity index (χ2n) is 6.78. The van der Waals surface area contributed by atoms with Crippen molar-refractivity contribution in [3.63, 3.8) is 0 Å². The molecule has 0 aliphatic carbocycles. The number of nitrogens with zero attached hydrogens (tertiary/aromatic N) is 1. The van der Waals surface area contributed by atoms with Crippen molar-refractivity contribution in [3.8, 4) is 5.75 Å². The number of allylic oxidation sites excluding steroid dienone is 3. The largest absolute Gasteiger partial charge is 0.487 e. The average molecular weight is 326 g/mol. The molecular formula is C20H26N2O2. The molecule has 1 N–H and O–H groups in total. The van der Waals surface area contributed by atoms with Crippen molar-refractivity contribution >= 4 is 5.91 Å². The molecule has 2 aliphatic heterocycles. The van der Waals surface area contributed by atoms with E-state index in [1.165, 1.54) is 0 Å². The number of likely N-dealkylation sites (tertiary alicyclic amines) is 1. The highest BCUT2D eigenvalue weighted by Gasteiger charge is 2.42. The molecule has 1 saturated heterocycles. The van der Waals surface area contributed by atoms with E-state index in [4.69, 9.17) is 4.74 Å². The Morgan fingerprint density at radius 3 is 2.79 bits per heavy atom. The third kappa shape index (κ3) is 3.70. The van der Waals surface area contributed by atoms with E-state index in [0.29, 0.717) is 0 Å². The van der Waals surface area contributed by atoms with Gasteiger partial charge >= 0.3 is 0 Å². The van der Waals surface area contributed by atoms with E-state index in [1.54, 1.807) is 12.2 Å². The zero-order valence-electron chi connectivity index (χ0n) is 14.5. The Hall–Kier alpha value is -2.07. The highest BCUT2D eigenvalue weighted by atomic mass is 16.5. The van der Waals surface area contributed by atoms with E-state index in [1.807, 2.05) is 37.3 Å². The van der Waals surface area contributed by atoms with Crippen molar-refractivity contribution in [2.45, 2.75) is 37.8 Å². The van der Waals surface area contributed by atoms with Gasteiger partial charge < -0.3 is 15.0 Å². The van der Waals surface area contributed by atoms with Crippen LogP contribution in [0, 0.1) is 0 Å². The average Bonchev–Trinajstić information content (AvgIpc) is 2.58. The van der Waals surface area contributed by atoms with Gasteiger partial charge in [0.05, 0.1) is 6.04 Å². The van der Waals surface area contributed by atoms with Crippen molar-refractivity contribution in [3.05, 3.63) is 54.1 Å². The fourth-order valence-corrected chi connectivity index (χ4v) is 3.55. The zero-order chi connectivity index (χ0) is 17.0. The van der Waals surface area contributed by atoms with E-state index in [9.17, 15) is 4.79 Å². The van der Waals surface area contributed by atoms with Gasteiger partial charge in [0.15, 0.2) is 0 Å². The van der Waals surface area contributed by atoms with Crippen LogP contribution in [0.3, 0.4) is 0 Å². The number of hydrogen-bond donors (Lipinski definition) is 1. The van der Waals surface area contributed by atoms with Gasteiger partial charge in [-0.2, -0.15) is 0 Å². The van der Waals surface area contributed by atoms with Gasteiger partial charge in [0.25, 0.3) is 0 Å². The number of nitrogens with one attached hydrogen (secondary N) is 1. The smallest absolute Gasteiger partial charge is 0.244 e. The molecule has 2 heterocycles. The number of piperidine rings is 1. The summed E-state index contributed by atoms with van der Waals surface area (Å²) in [6.45, 7) is 3.99. The molecule has 1 amide bonds. The summed E-state index contributed by atoms with van der Waals surface area (Å²) in [7, 11) is 2.15. The highest BCUT2D eigenvalue weighted by Crippen LogP contribution is 2.43. The van der Waals surface area contributed by atoms with Gasteiger partial charge in [-0.15, -0.1) is 0 Å². The minimum absolute atomic E-state index is 0.00103. The number of amides is 1. The van der Waals surface area contributed by atoms with Crippen LogP contribution in [0.1, 0.15) is 37.8 Å². The third-order valence-electron chi connectivity index (χ3n) is 4.96. The van der Waals surface area contributed by atoms with Crippen molar-refractivity contribution in [1.29, 1.82) is 0 Å². The standard InChI is InChI=1S/C20H26N2O2/c1-3-4-5-10-19(23)21-17-15-20(11-13-22(2)14-12-20)24-18-9-7-6-8-16(17)18/h3-10,17H,11-15H2,1-2H3,(H,21,23)/b4-3+,10-5+. The van der Waals surface area contributed by atoms with Gasteiger partial charge in [-0.25, -0.2) is 0 Å². The zero-order valence-corrected chi connectivity index (χ0v) is 14.5. The van der Waals surface area contributed by atoms with Crippen LogP contribution in [0.4, 0.5) is 0 Å². The molecule has 4 nitrogen and oxygen atoms in total.